The monoisotopic (exact) mass is 937 g/mol. The van der Waals surface area contributed by atoms with Crippen LogP contribution >= 0.6 is 35.2 Å². The van der Waals surface area contributed by atoms with Crippen LogP contribution in [0.3, 0.4) is 0 Å². The number of aromatic nitrogens is 4. The Hall–Kier alpha value is -3.50. The summed E-state index contributed by atoms with van der Waals surface area (Å²) in [6.07, 6.45) is -7.30. The van der Waals surface area contributed by atoms with Gasteiger partial charge in [0.05, 0.1) is 25.6 Å². The van der Waals surface area contributed by atoms with E-state index in [0.29, 0.717) is 0 Å². The molecule has 1 saturated heterocycles. The molecular formula is C28H46N9O19P3S. The number of nitrogen functional groups attached to an aromatic ring is 1. The van der Waals surface area contributed by atoms with Crippen molar-refractivity contribution >= 4 is 81.0 Å². The molecule has 0 radical (unpaired) electrons. The molecule has 32 heteroatoms. The van der Waals surface area contributed by atoms with Crippen LogP contribution in [-0.2, 0) is 60.3 Å². The lowest BCUT2D eigenvalue weighted by molar-refractivity contribution is -0.137. The van der Waals surface area contributed by atoms with Crippen LogP contribution < -0.4 is 27.4 Å². The van der Waals surface area contributed by atoms with Gasteiger partial charge in [0.1, 0.15) is 36.3 Å². The maximum Gasteiger partial charge on any atom is 0.481 e. The highest BCUT2D eigenvalue weighted by atomic mass is 32.2. The molecule has 0 aliphatic carbocycles. The van der Waals surface area contributed by atoms with Crippen molar-refractivity contribution in [3.05, 3.63) is 12.7 Å². The highest BCUT2D eigenvalue weighted by Crippen LogP contribution is 2.61. The number of amides is 4. The summed E-state index contributed by atoms with van der Waals surface area (Å²) in [5.41, 5.74) is 9.27. The fourth-order valence-corrected chi connectivity index (χ4v) is 8.78. The first-order valence-electron chi connectivity index (χ1n) is 17.3. The number of thioether (sulfide) groups is 1. The second kappa shape index (κ2) is 21.5. The van der Waals surface area contributed by atoms with Crippen LogP contribution in [0.25, 0.3) is 11.2 Å². The first kappa shape index (κ1) is 50.9. The Morgan fingerprint density at radius 3 is 2.32 bits per heavy atom. The van der Waals surface area contributed by atoms with E-state index < -0.39 is 108 Å². The average Bonchev–Trinajstić information content (AvgIpc) is 3.69. The van der Waals surface area contributed by atoms with Gasteiger partial charge in [-0.3, -0.25) is 42.1 Å². The number of nitrogens with two attached hydrogens (primary N) is 2. The number of aliphatic hydroxyl groups excluding tert-OH is 2. The number of hydrogen-bond acceptors (Lipinski definition) is 20. The third-order valence-corrected chi connectivity index (χ3v) is 12.2. The Morgan fingerprint density at radius 2 is 1.68 bits per heavy atom. The number of nitrogens with one attached hydrogen (secondary N) is 3. The highest BCUT2D eigenvalue weighted by molar-refractivity contribution is 8.13. The molecule has 3 heterocycles. The standard InChI is InChI=1S/C28H46N9O19P3S/c1-14(38)36-15(4-5-17(29)39)27(44)60-9-8-31-18(40)6-7-32-25(43)22(42)28(2,3)11-53-59(50,51)56-58(48,49)52-10-16-21(55-57(45,46)47)20(41)26(54-16)37-13-35-19-23(30)33-12-34-24(19)37/h12-13,15-16,20-22,26,41-42H,4-11H2,1-3H3,(H2,29,39)(H,31,40)(H,32,43)(H,36,38)(H,48,49)(H,50,51)(H2,30,33,34)(H2,45,46,47). The number of fused-ring (bicyclic) bond motifs is 1. The summed E-state index contributed by atoms with van der Waals surface area (Å²) in [7, 11) is -16.5. The van der Waals surface area contributed by atoms with Crippen LogP contribution in [0.15, 0.2) is 12.7 Å². The summed E-state index contributed by atoms with van der Waals surface area (Å²) in [6, 6.07) is -0.951. The number of phosphoric acid groups is 3. The average molecular weight is 938 g/mol. The number of primary amides is 1. The van der Waals surface area contributed by atoms with Crippen LogP contribution in [-0.4, -0.2) is 141 Å². The van der Waals surface area contributed by atoms with Gasteiger partial charge < -0.3 is 61.9 Å². The maximum absolute atomic E-state index is 12.7. The van der Waals surface area contributed by atoms with Gasteiger partial charge in [-0.1, -0.05) is 25.6 Å². The second-order valence-corrected chi connectivity index (χ2v) is 18.8. The molecule has 8 unspecified atom stereocenters. The van der Waals surface area contributed by atoms with Crippen molar-refractivity contribution in [3.8, 4) is 0 Å². The fraction of sp³-hybridized carbons (Fsp3) is 0.643. The number of phosphoric ester groups is 3. The summed E-state index contributed by atoms with van der Waals surface area (Å²) in [5, 5.41) is 28.2. The first-order chi connectivity index (χ1) is 27.7. The molecule has 4 amide bonds. The summed E-state index contributed by atoms with van der Waals surface area (Å²) in [5.74, 6) is -2.66. The van der Waals surface area contributed by atoms with Crippen LogP contribution in [0.1, 0.15) is 46.3 Å². The van der Waals surface area contributed by atoms with Gasteiger partial charge in [0.15, 0.2) is 17.7 Å². The fourth-order valence-electron chi connectivity index (χ4n) is 5.16. The Balaban J connectivity index is 1.47. The number of carbonyl (C=O) groups excluding carboxylic acids is 5. The molecule has 3 rings (SSSR count). The molecule has 1 aliphatic heterocycles. The molecule has 60 heavy (non-hydrogen) atoms. The SMILES string of the molecule is CC(=O)NC(CCC(N)=O)C(=O)SCCNC(=O)CCNC(=O)C(O)C(C)(C)COP(=O)(O)OP(=O)(O)OCC1OC(n2cnc3c(N)ncnc32)C(O)C1OP(=O)(O)O. The zero-order valence-corrected chi connectivity index (χ0v) is 35.5. The van der Waals surface area contributed by atoms with E-state index in [4.69, 9.17) is 25.3 Å². The van der Waals surface area contributed by atoms with Gasteiger partial charge >= 0.3 is 23.5 Å². The number of rotatable bonds is 24. The van der Waals surface area contributed by atoms with Gasteiger partial charge in [0.25, 0.3) is 0 Å². The lowest BCUT2D eigenvalue weighted by Gasteiger charge is -2.30. The number of ether oxygens (including phenoxy) is 1. The summed E-state index contributed by atoms with van der Waals surface area (Å²) < 4.78 is 62.1. The molecule has 1 aliphatic rings. The number of imidazole rings is 1. The van der Waals surface area contributed by atoms with Gasteiger partial charge in [0, 0.05) is 44.0 Å². The smallest absolute Gasteiger partial charge is 0.386 e. The Kier molecular flexibility index (Phi) is 18.2. The lowest BCUT2D eigenvalue weighted by atomic mass is 9.87. The zero-order chi connectivity index (χ0) is 45.2. The van der Waals surface area contributed by atoms with E-state index >= 15 is 0 Å². The van der Waals surface area contributed by atoms with Crippen LogP contribution in [0.5, 0.6) is 0 Å². The van der Waals surface area contributed by atoms with Gasteiger partial charge in [-0.05, 0) is 6.42 Å². The van der Waals surface area contributed by atoms with E-state index in [1.807, 2.05) is 0 Å². The minimum atomic E-state index is -5.60. The van der Waals surface area contributed by atoms with Crippen molar-refractivity contribution in [1.82, 2.24) is 35.5 Å². The number of carbonyl (C=O) groups is 5. The molecule has 1 fully saturated rings. The third kappa shape index (κ3) is 15.8. The number of hydrogen-bond donors (Lipinski definition) is 11. The number of anilines is 1. The van der Waals surface area contributed by atoms with Crippen LogP contribution in [0.4, 0.5) is 5.82 Å². The van der Waals surface area contributed by atoms with Crippen molar-refractivity contribution in [2.75, 3.05) is 37.8 Å². The highest BCUT2D eigenvalue weighted by Gasteiger charge is 2.50. The van der Waals surface area contributed by atoms with Gasteiger partial charge in [0.2, 0.25) is 28.7 Å². The quantitative estimate of drug-likeness (QED) is 0.0381. The molecule has 0 bridgehead atoms. The van der Waals surface area contributed by atoms with Gasteiger partial charge in [-0.15, -0.1) is 0 Å². The summed E-state index contributed by atoms with van der Waals surface area (Å²) >= 11 is 0.805. The molecule has 13 N–H and O–H groups in total. The molecule has 338 valence electrons. The van der Waals surface area contributed by atoms with Crippen molar-refractivity contribution in [2.45, 2.75) is 76.7 Å². The molecular weight excluding hydrogens is 891 g/mol. The predicted molar refractivity (Wildman–Crippen MR) is 203 cm³/mol. The van der Waals surface area contributed by atoms with Crippen molar-refractivity contribution in [2.24, 2.45) is 11.1 Å². The molecule has 2 aromatic heterocycles. The summed E-state index contributed by atoms with van der Waals surface area (Å²) in [6.45, 7) is 1.29. The zero-order valence-electron chi connectivity index (χ0n) is 32.0. The van der Waals surface area contributed by atoms with E-state index in [-0.39, 0.29) is 55.1 Å². The minimum Gasteiger partial charge on any atom is -0.386 e. The lowest BCUT2D eigenvalue weighted by Crippen LogP contribution is -2.46. The molecule has 0 spiro atoms. The largest absolute Gasteiger partial charge is 0.481 e. The maximum atomic E-state index is 12.7. The number of aliphatic hydroxyl groups is 2. The van der Waals surface area contributed by atoms with Crippen LogP contribution in [0.2, 0.25) is 0 Å². The third-order valence-electron chi connectivity index (χ3n) is 8.09. The Bertz CT molecular complexity index is 2020. The number of nitrogens with zero attached hydrogens (tertiary/aromatic N) is 4. The normalized spacial score (nSPS) is 21.4. The van der Waals surface area contributed by atoms with Crippen molar-refractivity contribution in [1.29, 1.82) is 0 Å². The van der Waals surface area contributed by atoms with E-state index in [1.165, 1.54) is 20.8 Å². The van der Waals surface area contributed by atoms with E-state index in [0.717, 1.165) is 29.0 Å². The Labute approximate surface area is 344 Å². The predicted octanol–water partition coefficient (Wildman–Crippen LogP) is -2.57. The van der Waals surface area contributed by atoms with E-state index in [9.17, 15) is 67.5 Å². The van der Waals surface area contributed by atoms with Crippen LogP contribution in [0, 0.1) is 5.41 Å². The molecule has 0 aromatic carbocycles. The molecule has 28 nitrogen and oxygen atoms in total. The Morgan fingerprint density at radius 1 is 1.02 bits per heavy atom. The van der Waals surface area contributed by atoms with E-state index in [1.54, 1.807) is 0 Å². The minimum absolute atomic E-state index is 0.00468. The molecule has 8 atom stereocenters. The topological polar surface area (TPSA) is 436 Å². The second-order valence-electron chi connectivity index (χ2n) is 13.5. The van der Waals surface area contributed by atoms with Crippen molar-refractivity contribution < 1.29 is 90.1 Å². The van der Waals surface area contributed by atoms with Gasteiger partial charge in [-0.2, -0.15) is 4.31 Å². The molecule has 2 aromatic rings. The first-order valence-corrected chi connectivity index (χ1v) is 22.8. The summed E-state index contributed by atoms with van der Waals surface area (Å²) in [4.78, 5) is 111. The molecule has 0 saturated carbocycles. The van der Waals surface area contributed by atoms with E-state index in [2.05, 4.69) is 39.7 Å². The van der Waals surface area contributed by atoms with Gasteiger partial charge in [-0.25, -0.2) is 28.6 Å². The van der Waals surface area contributed by atoms with Crippen molar-refractivity contribution in [3.63, 3.8) is 0 Å².